The maximum atomic E-state index is 13.7. The van der Waals surface area contributed by atoms with Crippen LogP contribution in [0.2, 0.25) is 0 Å². The van der Waals surface area contributed by atoms with E-state index < -0.39 is 31.3 Å². The van der Waals surface area contributed by atoms with E-state index in [0.717, 1.165) is 33.5 Å². The van der Waals surface area contributed by atoms with Crippen LogP contribution in [0.5, 0.6) is 5.75 Å². The van der Waals surface area contributed by atoms with Crippen molar-refractivity contribution in [3.63, 3.8) is 0 Å². The van der Waals surface area contributed by atoms with Crippen LogP contribution in [-0.2, 0) is 16.6 Å². The minimum Gasteiger partial charge on any atom is -0.497 e. The van der Waals surface area contributed by atoms with Crippen molar-refractivity contribution in [2.75, 3.05) is 11.4 Å². The molecule has 1 heterocycles. The van der Waals surface area contributed by atoms with Crippen LogP contribution < -0.4 is 9.04 Å². The fourth-order valence-electron chi connectivity index (χ4n) is 2.58. The van der Waals surface area contributed by atoms with Crippen molar-refractivity contribution in [1.29, 1.82) is 0 Å². The number of anilines is 1. The molecule has 152 valence electrons. The second-order valence-corrected chi connectivity index (χ2v) is 8.52. The summed E-state index contributed by atoms with van der Waals surface area (Å²) in [6.07, 6.45) is 1.20. The van der Waals surface area contributed by atoms with Gasteiger partial charge >= 0.3 is 5.69 Å². The lowest BCUT2D eigenvalue weighted by Gasteiger charge is -2.22. The first-order chi connectivity index (χ1) is 13.7. The van der Waals surface area contributed by atoms with Crippen LogP contribution in [0.4, 0.5) is 15.2 Å². The lowest BCUT2D eigenvalue weighted by Crippen LogP contribution is -2.31. The minimum absolute atomic E-state index is 0.0761. The first kappa shape index (κ1) is 20.6. The van der Waals surface area contributed by atoms with Crippen LogP contribution >= 0.6 is 11.5 Å². The highest BCUT2D eigenvalue weighted by atomic mass is 32.2. The molecular weight excluding hydrogens is 423 g/mol. The summed E-state index contributed by atoms with van der Waals surface area (Å²) in [4.78, 5) is 13.6. The van der Waals surface area contributed by atoms with E-state index in [1.807, 2.05) is 0 Å². The Morgan fingerprint density at radius 3 is 2.62 bits per heavy atom. The Labute approximate surface area is 169 Å². The molecule has 29 heavy (non-hydrogen) atoms. The van der Waals surface area contributed by atoms with Gasteiger partial charge in [0.15, 0.2) is 0 Å². The van der Waals surface area contributed by atoms with Crippen LogP contribution in [0, 0.1) is 22.9 Å². The van der Waals surface area contributed by atoms with Gasteiger partial charge in [-0.1, -0.05) is 6.07 Å². The molecule has 0 spiro atoms. The van der Waals surface area contributed by atoms with Gasteiger partial charge in [0.05, 0.1) is 23.5 Å². The molecule has 0 unspecified atom stereocenters. The van der Waals surface area contributed by atoms with Gasteiger partial charge in [0.1, 0.15) is 12.1 Å². The van der Waals surface area contributed by atoms with E-state index in [4.69, 9.17) is 4.74 Å². The third kappa shape index (κ3) is 4.17. The van der Waals surface area contributed by atoms with E-state index >= 15 is 0 Å². The average molecular weight is 438 g/mol. The Morgan fingerprint density at radius 1 is 1.28 bits per heavy atom. The number of hydrogen-bond donors (Lipinski definition) is 0. The Morgan fingerprint density at radius 2 is 2.03 bits per heavy atom. The van der Waals surface area contributed by atoms with Crippen LogP contribution in [0.15, 0.2) is 47.6 Å². The molecule has 0 atom stereocenters. The maximum Gasteiger partial charge on any atom is 0.306 e. The number of methoxy groups -OCH3 is 1. The summed E-state index contributed by atoms with van der Waals surface area (Å²) in [5.74, 6) is -0.506. The second-order valence-electron chi connectivity index (χ2n) is 5.90. The summed E-state index contributed by atoms with van der Waals surface area (Å²) in [7, 11) is -2.77. The zero-order chi connectivity index (χ0) is 21.2. The molecule has 0 fully saturated rings. The van der Waals surface area contributed by atoms with Crippen molar-refractivity contribution in [1.82, 2.24) is 9.36 Å². The van der Waals surface area contributed by atoms with Crippen LogP contribution in [0.3, 0.4) is 0 Å². The van der Waals surface area contributed by atoms with Crippen molar-refractivity contribution >= 4 is 32.4 Å². The fourth-order valence-corrected chi connectivity index (χ4v) is 4.73. The predicted octanol–water partition coefficient (Wildman–Crippen LogP) is 3.30. The molecule has 0 aliphatic rings. The Bertz CT molecular complexity index is 1150. The largest absolute Gasteiger partial charge is 0.497 e. The number of sulfonamides is 1. The highest BCUT2D eigenvalue weighted by Gasteiger charge is 2.30. The Kier molecular flexibility index (Phi) is 5.75. The van der Waals surface area contributed by atoms with Gasteiger partial charge in [-0.15, -0.1) is 0 Å². The molecule has 0 saturated heterocycles. The number of nitro groups is 1. The Hall–Kier alpha value is -3.12. The summed E-state index contributed by atoms with van der Waals surface area (Å²) >= 11 is 0.852. The van der Waals surface area contributed by atoms with Crippen molar-refractivity contribution in [3.05, 3.63) is 69.8 Å². The number of aromatic nitrogens is 2. The molecule has 1 aromatic heterocycles. The first-order valence-corrected chi connectivity index (χ1v) is 10.3. The van der Waals surface area contributed by atoms with Crippen molar-refractivity contribution in [3.8, 4) is 5.75 Å². The zero-order valence-corrected chi connectivity index (χ0v) is 16.9. The van der Waals surface area contributed by atoms with Crippen LogP contribution in [0.25, 0.3) is 0 Å². The smallest absolute Gasteiger partial charge is 0.306 e. The van der Waals surface area contributed by atoms with E-state index in [9.17, 15) is 22.9 Å². The first-order valence-electron chi connectivity index (χ1n) is 8.11. The standard InChI is InChI=1S/C17H15FN4O5S2/c1-11-7-13(27-2)4-3-12(11)9-21(17-19-10-20-28-17)29(25,26)14-5-6-15(18)16(8-14)22(23)24/h3-8,10H,9H2,1-2H3. The van der Waals surface area contributed by atoms with Crippen LogP contribution in [-0.4, -0.2) is 29.8 Å². The average Bonchev–Trinajstić information content (AvgIpc) is 3.20. The summed E-state index contributed by atoms with van der Waals surface area (Å²) < 4.78 is 50.2. The number of rotatable bonds is 7. The molecule has 0 aliphatic heterocycles. The van der Waals surface area contributed by atoms with Gasteiger partial charge in [-0.05, 0) is 42.3 Å². The summed E-state index contributed by atoms with van der Waals surface area (Å²) in [5, 5.41) is 11.1. The van der Waals surface area contributed by atoms with E-state index in [2.05, 4.69) is 9.36 Å². The molecule has 3 aromatic rings. The van der Waals surface area contributed by atoms with E-state index in [-0.39, 0.29) is 11.7 Å². The maximum absolute atomic E-state index is 13.7. The fraction of sp³-hybridized carbons (Fsp3) is 0.176. The summed E-state index contributed by atoms with van der Waals surface area (Å²) in [5.41, 5.74) is 0.518. The molecule has 3 rings (SSSR count). The number of nitro benzene ring substituents is 1. The van der Waals surface area contributed by atoms with E-state index in [1.165, 1.54) is 13.4 Å². The molecule has 9 nitrogen and oxygen atoms in total. The van der Waals surface area contributed by atoms with Gasteiger partial charge in [-0.25, -0.2) is 17.7 Å². The van der Waals surface area contributed by atoms with Gasteiger partial charge in [0, 0.05) is 17.6 Å². The Balaban J connectivity index is 2.08. The van der Waals surface area contributed by atoms with Gasteiger partial charge < -0.3 is 4.74 Å². The van der Waals surface area contributed by atoms with E-state index in [0.29, 0.717) is 17.4 Å². The molecule has 0 radical (unpaired) electrons. The van der Waals surface area contributed by atoms with Crippen molar-refractivity contribution < 1.29 is 22.5 Å². The molecule has 0 N–H and O–H groups in total. The summed E-state index contributed by atoms with van der Waals surface area (Å²) in [6, 6.07) is 7.58. The number of hydrogen-bond acceptors (Lipinski definition) is 8. The third-order valence-corrected chi connectivity index (χ3v) is 6.67. The van der Waals surface area contributed by atoms with Gasteiger partial charge in [0.25, 0.3) is 10.0 Å². The molecule has 0 amide bonds. The monoisotopic (exact) mass is 438 g/mol. The molecule has 12 heteroatoms. The molecular formula is C17H15FN4O5S2. The van der Waals surface area contributed by atoms with E-state index in [1.54, 1.807) is 25.1 Å². The lowest BCUT2D eigenvalue weighted by atomic mass is 10.1. The van der Waals surface area contributed by atoms with Crippen molar-refractivity contribution in [2.45, 2.75) is 18.4 Å². The molecule has 0 aliphatic carbocycles. The highest BCUT2D eigenvalue weighted by molar-refractivity contribution is 7.93. The zero-order valence-electron chi connectivity index (χ0n) is 15.3. The van der Waals surface area contributed by atoms with Crippen molar-refractivity contribution in [2.24, 2.45) is 0 Å². The van der Waals surface area contributed by atoms with Gasteiger partial charge in [-0.2, -0.15) is 8.76 Å². The second kappa shape index (κ2) is 8.09. The number of aryl methyl sites for hydroxylation is 1. The predicted molar refractivity (Wildman–Crippen MR) is 104 cm³/mol. The molecule has 2 aromatic carbocycles. The number of nitrogens with zero attached hydrogens (tertiary/aromatic N) is 4. The van der Waals surface area contributed by atoms with Gasteiger partial charge in [0.2, 0.25) is 10.9 Å². The normalized spacial score (nSPS) is 11.3. The lowest BCUT2D eigenvalue weighted by molar-refractivity contribution is -0.387. The quantitative estimate of drug-likeness (QED) is 0.410. The molecule has 0 bridgehead atoms. The third-order valence-electron chi connectivity index (χ3n) is 4.13. The molecule has 0 saturated carbocycles. The van der Waals surface area contributed by atoms with Gasteiger partial charge in [-0.3, -0.25) is 10.1 Å². The number of benzene rings is 2. The topological polar surface area (TPSA) is 116 Å². The number of ether oxygens (including phenoxy) is 1. The number of halogens is 1. The highest BCUT2D eigenvalue weighted by Crippen LogP contribution is 2.30. The summed E-state index contributed by atoms with van der Waals surface area (Å²) in [6.45, 7) is 1.70. The van der Waals surface area contributed by atoms with Crippen LogP contribution in [0.1, 0.15) is 11.1 Å². The SMILES string of the molecule is COc1ccc(CN(c2ncns2)S(=O)(=O)c2ccc(F)c([N+](=O)[O-])c2)c(C)c1. The minimum atomic E-state index is -4.29.